The summed E-state index contributed by atoms with van der Waals surface area (Å²) in [4.78, 5) is 17.2. The first-order valence-electron chi connectivity index (χ1n) is 10.6. The minimum Gasteiger partial charge on any atom is -0.308 e. The number of nitrogens with zero attached hydrogens (tertiary/aromatic N) is 5. The highest BCUT2D eigenvalue weighted by molar-refractivity contribution is 6.30. The molecule has 0 atom stereocenters. The molecule has 170 valence electrons. The molecule has 5 aromatic rings. The largest absolute Gasteiger partial charge is 0.308 e. The maximum absolute atomic E-state index is 13.4. The second-order valence-electron chi connectivity index (χ2n) is 7.88. The van der Waals surface area contributed by atoms with Crippen LogP contribution in [0.3, 0.4) is 0 Å². The molecule has 0 spiro atoms. The van der Waals surface area contributed by atoms with Gasteiger partial charge in [-0.25, -0.2) is 14.1 Å². The van der Waals surface area contributed by atoms with Crippen molar-refractivity contribution in [1.82, 2.24) is 24.5 Å². The maximum Gasteiger partial charge on any atom is 0.247 e. The molecule has 0 unspecified atom stereocenters. The summed E-state index contributed by atoms with van der Waals surface area (Å²) in [6.45, 7) is 2.41. The fourth-order valence-electron chi connectivity index (χ4n) is 3.87. The van der Waals surface area contributed by atoms with E-state index in [2.05, 4.69) is 20.5 Å². The molecule has 9 heteroatoms. The van der Waals surface area contributed by atoms with Gasteiger partial charge in [0.2, 0.25) is 5.91 Å². The van der Waals surface area contributed by atoms with E-state index in [0.29, 0.717) is 23.0 Å². The van der Waals surface area contributed by atoms with Gasteiger partial charge in [-0.1, -0.05) is 35.9 Å². The van der Waals surface area contributed by atoms with Crippen LogP contribution in [0.25, 0.3) is 22.2 Å². The molecule has 5 rings (SSSR count). The van der Waals surface area contributed by atoms with Gasteiger partial charge in [0.15, 0.2) is 11.5 Å². The smallest absolute Gasteiger partial charge is 0.247 e. The highest BCUT2D eigenvalue weighted by Gasteiger charge is 2.16. The summed E-state index contributed by atoms with van der Waals surface area (Å²) < 4.78 is 16.7. The van der Waals surface area contributed by atoms with E-state index < -0.39 is 0 Å². The van der Waals surface area contributed by atoms with Crippen molar-refractivity contribution in [2.24, 2.45) is 0 Å². The molecule has 7 nitrogen and oxygen atoms in total. The summed E-state index contributed by atoms with van der Waals surface area (Å²) in [6.07, 6.45) is 3.46. The lowest BCUT2D eigenvalue weighted by Gasteiger charge is -2.06. The second-order valence-corrected chi connectivity index (χ2v) is 8.32. The Morgan fingerprint density at radius 1 is 1.03 bits per heavy atom. The van der Waals surface area contributed by atoms with Crippen molar-refractivity contribution in [3.8, 4) is 11.1 Å². The van der Waals surface area contributed by atoms with Crippen LogP contribution in [-0.4, -0.2) is 30.5 Å². The van der Waals surface area contributed by atoms with Crippen molar-refractivity contribution in [2.45, 2.75) is 20.0 Å². The average Bonchev–Trinajstić information content (AvgIpc) is 3.39. The molecule has 0 aliphatic carbocycles. The Balaban J connectivity index is 1.32. The number of halogens is 2. The standard InChI is InChI=1S/C25H20ClFN6O/c1-16-24-21(18-4-8-20(27)9-5-18)10-12-28-25(24)33(30-16)15-23(34)29-22-11-13-32(31-22)14-17-2-6-19(26)7-3-17/h2-13H,14-15H2,1H3,(H,29,31,34). The van der Waals surface area contributed by atoms with E-state index in [4.69, 9.17) is 11.6 Å². The molecule has 2 aromatic carbocycles. The Morgan fingerprint density at radius 2 is 1.79 bits per heavy atom. The van der Waals surface area contributed by atoms with E-state index in [1.54, 1.807) is 40.0 Å². The molecule has 0 aliphatic heterocycles. The van der Waals surface area contributed by atoms with Crippen LogP contribution < -0.4 is 5.32 Å². The van der Waals surface area contributed by atoms with Crippen LogP contribution in [0.5, 0.6) is 0 Å². The second kappa shape index (κ2) is 9.07. The summed E-state index contributed by atoms with van der Waals surface area (Å²) in [5.41, 5.74) is 4.11. The Morgan fingerprint density at radius 3 is 2.56 bits per heavy atom. The molecule has 3 aromatic heterocycles. The predicted octanol–water partition coefficient (Wildman–Crippen LogP) is 5.08. The molecular formula is C25H20ClFN6O. The van der Waals surface area contributed by atoms with Crippen molar-refractivity contribution < 1.29 is 9.18 Å². The number of hydrogen-bond donors (Lipinski definition) is 1. The van der Waals surface area contributed by atoms with Crippen LogP contribution in [0.1, 0.15) is 11.3 Å². The van der Waals surface area contributed by atoms with Gasteiger partial charge >= 0.3 is 0 Å². The zero-order valence-corrected chi connectivity index (χ0v) is 19.0. The number of hydrogen-bond acceptors (Lipinski definition) is 4. The highest BCUT2D eigenvalue weighted by atomic mass is 35.5. The van der Waals surface area contributed by atoms with Crippen LogP contribution in [0, 0.1) is 12.7 Å². The van der Waals surface area contributed by atoms with Gasteiger partial charge in [-0.15, -0.1) is 0 Å². The van der Waals surface area contributed by atoms with Crippen molar-refractivity contribution in [1.29, 1.82) is 0 Å². The van der Waals surface area contributed by atoms with Crippen molar-refractivity contribution in [2.75, 3.05) is 5.32 Å². The lowest BCUT2D eigenvalue weighted by atomic mass is 10.0. The fraction of sp³-hybridized carbons (Fsp3) is 0.120. The Labute approximate surface area is 199 Å². The summed E-state index contributed by atoms with van der Waals surface area (Å²) in [7, 11) is 0. The molecule has 34 heavy (non-hydrogen) atoms. The normalized spacial score (nSPS) is 11.1. The lowest BCUT2D eigenvalue weighted by Crippen LogP contribution is -2.20. The molecule has 0 bridgehead atoms. The molecular weight excluding hydrogens is 455 g/mol. The minimum atomic E-state index is -0.297. The molecule has 0 saturated heterocycles. The predicted molar refractivity (Wildman–Crippen MR) is 129 cm³/mol. The number of anilines is 1. The third-order valence-corrected chi connectivity index (χ3v) is 5.67. The zero-order valence-electron chi connectivity index (χ0n) is 18.2. The monoisotopic (exact) mass is 474 g/mol. The molecule has 3 heterocycles. The summed E-state index contributed by atoms with van der Waals surface area (Å²) in [6, 6.07) is 17.4. The van der Waals surface area contributed by atoms with E-state index in [1.165, 1.54) is 12.1 Å². The quantitative estimate of drug-likeness (QED) is 0.372. The number of aromatic nitrogens is 5. The number of pyridine rings is 1. The third-order valence-electron chi connectivity index (χ3n) is 5.42. The van der Waals surface area contributed by atoms with Gasteiger partial charge in [-0.05, 0) is 53.9 Å². The summed E-state index contributed by atoms with van der Waals surface area (Å²) >= 11 is 5.93. The minimum absolute atomic E-state index is 0.0196. The van der Waals surface area contributed by atoms with E-state index in [9.17, 15) is 9.18 Å². The van der Waals surface area contributed by atoms with Crippen molar-refractivity contribution >= 4 is 34.4 Å². The molecule has 0 saturated carbocycles. The van der Waals surface area contributed by atoms with E-state index >= 15 is 0 Å². The molecule has 0 aliphatic rings. The molecule has 1 amide bonds. The summed E-state index contributed by atoms with van der Waals surface area (Å²) in [5.74, 6) is -0.115. The first-order chi connectivity index (χ1) is 16.5. The Kier molecular flexibility index (Phi) is 5.81. The van der Waals surface area contributed by atoms with Crippen LogP contribution in [0.4, 0.5) is 10.2 Å². The van der Waals surface area contributed by atoms with Crippen molar-refractivity contribution in [3.05, 3.63) is 95.2 Å². The van der Waals surface area contributed by atoms with Crippen LogP contribution in [0.15, 0.2) is 73.1 Å². The Hall–Kier alpha value is -4.04. The van der Waals surface area contributed by atoms with E-state index in [-0.39, 0.29) is 18.3 Å². The number of carbonyl (C=O) groups excluding carboxylic acids is 1. The number of rotatable bonds is 6. The van der Waals surface area contributed by atoms with Gasteiger partial charge in [0.05, 0.1) is 12.2 Å². The number of fused-ring (bicyclic) bond motifs is 1. The molecule has 0 fully saturated rings. The van der Waals surface area contributed by atoms with Gasteiger partial charge < -0.3 is 5.32 Å². The fourth-order valence-corrected chi connectivity index (χ4v) is 4.00. The van der Waals surface area contributed by atoms with Gasteiger partial charge in [0.1, 0.15) is 12.4 Å². The topological polar surface area (TPSA) is 77.6 Å². The number of aryl methyl sites for hydroxylation is 1. The Bertz CT molecular complexity index is 1470. The van der Waals surface area contributed by atoms with Crippen molar-refractivity contribution in [3.63, 3.8) is 0 Å². The number of benzene rings is 2. The average molecular weight is 475 g/mol. The van der Waals surface area contributed by atoms with Gasteiger partial charge in [0.25, 0.3) is 0 Å². The van der Waals surface area contributed by atoms with Gasteiger partial charge in [-0.2, -0.15) is 10.2 Å². The zero-order chi connectivity index (χ0) is 23.7. The number of nitrogens with one attached hydrogen (secondary N) is 1. The van der Waals surface area contributed by atoms with Gasteiger partial charge in [-0.3, -0.25) is 9.48 Å². The highest BCUT2D eigenvalue weighted by Crippen LogP contribution is 2.30. The molecule has 0 radical (unpaired) electrons. The molecule has 1 N–H and O–H groups in total. The summed E-state index contributed by atoms with van der Waals surface area (Å²) in [5, 5.41) is 13.3. The third kappa shape index (κ3) is 4.53. The van der Waals surface area contributed by atoms with Gasteiger partial charge in [0, 0.05) is 28.9 Å². The first-order valence-corrected chi connectivity index (χ1v) is 11.0. The lowest BCUT2D eigenvalue weighted by molar-refractivity contribution is -0.116. The van der Waals surface area contributed by atoms with E-state index in [1.807, 2.05) is 37.3 Å². The van der Waals surface area contributed by atoms with Crippen LogP contribution >= 0.6 is 11.6 Å². The maximum atomic E-state index is 13.4. The van der Waals surface area contributed by atoms with Crippen LogP contribution in [-0.2, 0) is 17.9 Å². The first kappa shape index (κ1) is 21.8. The number of carbonyl (C=O) groups is 1. The SMILES string of the molecule is Cc1nn(CC(=O)Nc2ccn(Cc3ccc(Cl)cc3)n2)c2nccc(-c3ccc(F)cc3)c12. The number of amides is 1. The van der Waals surface area contributed by atoms with Crippen LogP contribution in [0.2, 0.25) is 5.02 Å². The van der Waals surface area contributed by atoms with E-state index in [0.717, 1.165) is 27.8 Å².